The zero-order chi connectivity index (χ0) is 10.7. The van der Waals surface area contributed by atoms with Gasteiger partial charge < -0.3 is 0 Å². The lowest BCUT2D eigenvalue weighted by molar-refractivity contribution is -0.141. The fourth-order valence-electron chi connectivity index (χ4n) is 1.61. The van der Waals surface area contributed by atoms with Gasteiger partial charge in [-0.2, -0.15) is 0 Å². The van der Waals surface area contributed by atoms with Crippen LogP contribution in [-0.4, -0.2) is 28.1 Å². The minimum absolute atomic E-state index is 0.0141. The van der Waals surface area contributed by atoms with E-state index in [1.54, 1.807) is 0 Å². The monoisotopic (exact) mass is 261 g/mol. The van der Waals surface area contributed by atoms with Crippen molar-refractivity contribution in [1.29, 1.82) is 0 Å². The van der Waals surface area contributed by atoms with Gasteiger partial charge in [-0.05, 0) is 12.3 Å². The molecule has 1 aliphatic rings. The molecule has 1 saturated heterocycles. The Morgan fingerprint density at radius 1 is 1.64 bits per heavy atom. The molecule has 14 heavy (non-hydrogen) atoms. The summed E-state index contributed by atoms with van der Waals surface area (Å²) in [6, 6.07) is 0. The molecule has 0 spiro atoms. The number of carbonyl (C=O) groups is 2. The topological polar surface area (TPSA) is 37.4 Å². The van der Waals surface area contributed by atoms with Gasteiger partial charge in [-0.25, -0.2) is 0 Å². The molecule has 1 heterocycles. The van der Waals surface area contributed by atoms with Crippen LogP contribution >= 0.6 is 15.9 Å². The third kappa shape index (κ3) is 2.35. The Hall–Kier alpha value is -0.380. The highest BCUT2D eigenvalue weighted by atomic mass is 79.9. The normalized spacial score (nSPS) is 24.1. The van der Waals surface area contributed by atoms with Gasteiger partial charge in [0.15, 0.2) is 0 Å². The third-order valence-electron chi connectivity index (χ3n) is 2.67. The van der Waals surface area contributed by atoms with Crippen LogP contribution in [0.25, 0.3) is 0 Å². The summed E-state index contributed by atoms with van der Waals surface area (Å²) in [5.41, 5.74) is 0. The summed E-state index contributed by atoms with van der Waals surface area (Å²) in [6.45, 7) is 4.59. The van der Waals surface area contributed by atoms with Crippen molar-refractivity contribution in [2.45, 2.75) is 37.9 Å². The van der Waals surface area contributed by atoms with Gasteiger partial charge in [0.25, 0.3) is 0 Å². The molecule has 1 fully saturated rings. The Kier molecular flexibility index (Phi) is 4.11. The van der Waals surface area contributed by atoms with Crippen molar-refractivity contribution in [3.8, 4) is 0 Å². The molecular weight excluding hydrogens is 246 g/mol. The predicted octanol–water partition coefficient (Wildman–Crippen LogP) is 1.95. The summed E-state index contributed by atoms with van der Waals surface area (Å²) in [4.78, 5) is 24.4. The number of amides is 2. The fraction of sp³-hybridized carbons (Fsp3) is 0.800. The summed E-state index contributed by atoms with van der Waals surface area (Å²) in [6.07, 6.45) is 2.22. The van der Waals surface area contributed by atoms with E-state index in [1.165, 1.54) is 4.90 Å². The molecule has 0 aromatic heterocycles. The highest BCUT2D eigenvalue weighted by Gasteiger charge is 2.34. The standard InChI is InChI=1S/C10H16BrNO2/c1-3-7-5-9(13)12(6-7)10(14)8(11)4-2/h7-8H,3-6H2,1-2H3. The molecule has 0 saturated carbocycles. The van der Waals surface area contributed by atoms with Crippen molar-refractivity contribution in [3.63, 3.8) is 0 Å². The number of imide groups is 1. The smallest absolute Gasteiger partial charge is 0.242 e. The summed E-state index contributed by atoms with van der Waals surface area (Å²) >= 11 is 3.28. The first kappa shape index (κ1) is 11.7. The second-order valence-corrected chi connectivity index (χ2v) is 4.80. The summed E-state index contributed by atoms with van der Waals surface area (Å²) in [7, 11) is 0. The van der Waals surface area contributed by atoms with Crippen molar-refractivity contribution >= 4 is 27.7 Å². The van der Waals surface area contributed by atoms with E-state index in [1.807, 2.05) is 6.92 Å². The van der Waals surface area contributed by atoms with E-state index in [0.717, 1.165) is 12.8 Å². The summed E-state index contributed by atoms with van der Waals surface area (Å²) < 4.78 is 0. The van der Waals surface area contributed by atoms with Gasteiger partial charge in [-0.1, -0.05) is 36.2 Å². The highest BCUT2D eigenvalue weighted by Crippen LogP contribution is 2.22. The van der Waals surface area contributed by atoms with Gasteiger partial charge in [0.2, 0.25) is 11.8 Å². The summed E-state index contributed by atoms with van der Waals surface area (Å²) in [5.74, 6) is 0.274. The van der Waals surface area contributed by atoms with Crippen LogP contribution < -0.4 is 0 Å². The third-order valence-corrected chi connectivity index (χ3v) is 3.71. The van der Waals surface area contributed by atoms with Gasteiger partial charge in [-0.15, -0.1) is 0 Å². The van der Waals surface area contributed by atoms with E-state index >= 15 is 0 Å². The maximum Gasteiger partial charge on any atom is 0.242 e. The Morgan fingerprint density at radius 2 is 2.29 bits per heavy atom. The van der Waals surface area contributed by atoms with Gasteiger partial charge in [0.1, 0.15) is 0 Å². The SMILES string of the molecule is CCC1CC(=O)N(C(=O)C(Br)CC)C1. The lowest BCUT2D eigenvalue weighted by atomic mass is 10.1. The average molecular weight is 262 g/mol. The van der Waals surface area contributed by atoms with Crippen LogP contribution in [0.5, 0.6) is 0 Å². The Bertz CT molecular complexity index is 242. The van der Waals surface area contributed by atoms with E-state index in [9.17, 15) is 9.59 Å². The molecule has 2 atom stereocenters. The molecule has 0 aromatic rings. The fourth-order valence-corrected chi connectivity index (χ4v) is 1.86. The van der Waals surface area contributed by atoms with E-state index in [0.29, 0.717) is 18.9 Å². The van der Waals surface area contributed by atoms with Crippen LogP contribution in [0.15, 0.2) is 0 Å². The first-order valence-electron chi connectivity index (χ1n) is 5.08. The van der Waals surface area contributed by atoms with Crippen LogP contribution in [0, 0.1) is 5.92 Å². The molecule has 3 nitrogen and oxygen atoms in total. The van der Waals surface area contributed by atoms with Gasteiger partial charge in [-0.3, -0.25) is 14.5 Å². The quantitative estimate of drug-likeness (QED) is 0.729. The molecule has 0 bridgehead atoms. The molecule has 4 heteroatoms. The summed E-state index contributed by atoms with van der Waals surface area (Å²) in [5, 5.41) is 0. The number of alkyl halides is 1. The van der Waals surface area contributed by atoms with Crippen LogP contribution in [0.3, 0.4) is 0 Å². The molecule has 2 amide bonds. The number of likely N-dealkylation sites (tertiary alicyclic amines) is 1. The predicted molar refractivity (Wildman–Crippen MR) is 58.1 cm³/mol. The lowest BCUT2D eigenvalue weighted by Gasteiger charge is -2.17. The lowest BCUT2D eigenvalue weighted by Crippen LogP contribution is -2.37. The van der Waals surface area contributed by atoms with Crippen molar-refractivity contribution in [2.24, 2.45) is 5.92 Å². The molecule has 0 aliphatic carbocycles. The van der Waals surface area contributed by atoms with Crippen LogP contribution in [0.4, 0.5) is 0 Å². The van der Waals surface area contributed by atoms with E-state index in [2.05, 4.69) is 22.9 Å². The van der Waals surface area contributed by atoms with Crippen molar-refractivity contribution in [3.05, 3.63) is 0 Å². The first-order valence-corrected chi connectivity index (χ1v) is 6.00. The van der Waals surface area contributed by atoms with Gasteiger partial charge in [0.05, 0.1) is 4.83 Å². The van der Waals surface area contributed by atoms with Gasteiger partial charge in [0, 0.05) is 13.0 Å². The van der Waals surface area contributed by atoms with Crippen LogP contribution in [0.2, 0.25) is 0 Å². The molecular formula is C10H16BrNO2. The molecule has 0 N–H and O–H groups in total. The number of nitrogens with zero attached hydrogens (tertiary/aromatic N) is 1. The minimum atomic E-state index is -0.206. The number of halogens is 1. The zero-order valence-corrected chi connectivity index (χ0v) is 10.2. The number of carbonyl (C=O) groups excluding carboxylic acids is 2. The van der Waals surface area contributed by atoms with Crippen molar-refractivity contribution < 1.29 is 9.59 Å². The largest absolute Gasteiger partial charge is 0.281 e. The molecule has 1 aliphatic heterocycles. The number of hydrogen-bond acceptors (Lipinski definition) is 2. The number of hydrogen-bond donors (Lipinski definition) is 0. The van der Waals surface area contributed by atoms with Crippen LogP contribution in [-0.2, 0) is 9.59 Å². The second-order valence-electron chi connectivity index (χ2n) is 3.70. The zero-order valence-electron chi connectivity index (χ0n) is 8.62. The Balaban J connectivity index is 2.61. The molecule has 2 unspecified atom stereocenters. The van der Waals surface area contributed by atoms with Crippen LogP contribution in [0.1, 0.15) is 33.1 Å². The minimum Gasteiger partial charge on any atom is -0.281 e. The highest BCUT2D eigenvalue weighted by molar-refractivity contribution is 9.10. The Labute approximate surface area is 93.0 Å². The molecule has 1 rings (SSSR count). The van der Waals surface area contributed by atoms with E-state index < -0.39 is 0 Å². The number of rotatable bonds is 3. The Morgan fingerprint density at radius 3 is 2.71 bits per heavy atom. The van der Waals surface area contributed by atoms with Gasteiger partial charge >= 0.3 is 0 Å². The average Bonchev–Trinajstić information content (AvgIpc) is 2.57. The van der Waals surface area contributed by atoms with Crippen molar-refractivity contribution in [1.82, 2.24) is 4.90 Å². The molecule has 0 aromatic carbocycles. The van der Waals surface area contributed by atoms with E-state index in [-0.39, 0.29) is 16.6 Å². The van der Waals surface area contributed by atoms with Crippen molar-refractivity contribution in [2.75, 3.05) is 6.54 Å². The maximum atomic E-state index is 11.7. The maximum absolute atomic E-state index is 11.7. The molecule has 0 radical (unpaired) electrons. The second kappa shape index (κ2) is 4.91. The van der Waals surface area contributed by atoms with E-state index in [4.69, 9.17) is 0 Å². The first-order chi connectivity index (χ1) is 6.60. The molecule has 80 valence electrons.